The zero-order valence-electron chi connectivity index (χ0n) is 23.2. The minimum atomic E-state index is -4.19. The smallest absolute Gasteiger partial charge is 0.325 e. The third-order valence-corrected chi connectivity index (χ3v) is 7.05. The minimum absolute atomic E-state index is 0.0658. The highest BCUT2D eigenvalue weighted by Crippen LogP contribution is 2.14. The third-order valence-electron chi connectivity index (χ3n) is 5.71. The second kappa shape index (κ2) is 15.3. The molecule has 13 heteroatoms. The molecule has 0 saturated heterocycles. The first-order chi connectivity index (χ1) is 20.1. The lowest BCUT2D eigenvalue weighted by atomic mass is 10.1. The van der Waals surface area contributed by atoms with Gasteiger partial charge in [0.1, 0.15) is 18.0 Å². The normalized spacial score (nSPS) is 10.8. The molecule has 3 rings (SSSR count). The Kier molecular flexibility index (Phi) is 11.6. The molecule has 0 unspecified atom stereocenters. The van der Waals surface area contributed by atoms with Gasteiger partial charge in [-0.1, -0.05) is 19.1 Å². The van der Waals surface area contributed by atoms with Crippen molar-refractivity contribution in [2.45, 2.75) is 31.6 Å². The minimum Gasteiger partial charge on any atom is -0.494 e. The Bertz CT molecular complexity index is 1490. The fourth-order valence-electron chi connectivity index (χ4n) is 3.54. The van der Waals surface area contributed by atoms with Crippen LogP contribution in [-0.2, 0) is 26.0 Å². The number of nitrogens with one attached hydrogen (secondary N) is 3. The van der Waals surface area contributed by atoms with Crippen LogP contribution in [-0.4, -0.2) is 63.4 Å². The average Bonchev–Trinajstić information content (AvgIpc) is 2.99. The van der Waals surface area contributed by atoms with Crippen molar-refractivity contribution < 1.29 is 37.1 Å². The number of carbonyl (C=O) groups excluding carboxylic acids is 4. The summed E-state index contributed by atoms with van der Waals surface area (Å²) in [4.78, 5) is 52.3. The average molecular weight is 597 g/mol. The molecule has 0 aliphatic carbocycles. The standard InChI is InChI=1S/C29H32N4O8S/c1-3-17-41-26(34)19-32-29(37)25-14-9-22(18-31-25)28(36)33-42(38,39)24-12-5-20(6-13-24)15-16-30-27(35)21-7-10-23(11-8-21)40-4-2/h5-14,18H,3-4,15-17,19H2,1-2H3,(H,30,35)(H,32,37)(H,33,36). The Labute approximate surface area is 243 Å². The summed E-state index contributed by atoms with van der Waals surface area (Å²) in [5.74, 6) is -1.74. The van der Waals surface area contributed by atoms with Crippen molar-refractivity contribution in [1.29, 1.82) is 0 Å². The van der Waals surface area contributed by atoms with Gasteiger partial charge in [-0.05, 0) is 73.9 Å². The number of nitrogens with zero attached hydrogens (tertiary/aromatic N) is 1. The van der Waals surface area contributed by atoms with Gasteiger partial charge in [-0.25, -0.2) is 13.1 Å². The van der Waals surface area contributed by atoms with Crippen LogP contribution in [0.3, 0.4) is 0 Å². The molecule has 1 aromatic heterocycles. The van der Waals surface area contributed by atoms with E-state index in [4.69, 9.17) is 9.47 Å². The predicted octanol–water partition coefficient (Wildman–Crippen LogP) is 2.25. The van der Waals surface area contributed by atoms with Crippen LogP contribution in [0.5, 0.6) is 5.75 Å². The Morgan fingerprint density at radius 2 is 1.50 bits per heavy atom. The highest BCUT2D eigenvalue weighted by atomic mass is 32.2. The number of esters is 1. The molecule has 0 radical (unpaired) electrons. The highest BCUT2D eigenvalue weighted by molar-refractivity contribution is 7.90. The molecule has 222 valence electrons. The van der Waals surface area contributed by atoms with E-state index in [-0.39, 0.29) is 35.2 Å². The van der Waals surface area contributed by atoms with E-state index >= 15 is 0 Å². The molecular weight excluding hydrogens is 564 g/mol. The largest absolute Gasteiger partial charge is 0.494 e. The predicted molar refractivity (Wildman–Crippen MR) is 153 cm³/mol. The Balaban J connectivity index is 1.49. The maximum absolute atomic E-state index is 12.7. The molecule has 3 aromatic rings. The summed E-state index contributed by atoms with van der Waals surface area (Å²) in [6.45, 7) is 4.49. The molecule has 0 bridgehead atoms. The molecule has 0 atom stereocenters. The van der Waals surface area contributed by atoms with Gasteiger partial charge in [0.15, 0.2) is 0 Å². The molecule has 0 spiro atoms. The first kappa shape index (κ1) is 31.7. The number of hydrogen-bond acceptors (Lipinski definition) is 9. The summed E-state index contributed by atoms with van der Waals surface area (Å²) in [5.41, 5.74) is 1.12. The van der Waals surface area contributed by atoms with Crippen LogP contribution < -0.4 is 20.1 Å². The molecule has 1 heterocycles. The number of pyridine rings is 1. The fourth-order valence-corrected chi connectivity index (χ4v) is 4.51. The molecule has 0 fully saturated rings. The molecule has 12 nitrogen and oxygen atoms in total. The molecule has 42 heavy (non-hydrogen) atoms. The monoisotopic (exact) mass is 596 g/mol. The van der Waals surface area contributed by atoms with E-state index in [1.807, 2.05) is 18.6 Å². The van der Waals surface area contributed by atoms with E-state index in [0.29, 0.717) is 37.3 Å². The Hall–Kier alpha value is -4.78. The number of aromatic nitrogens is 1. The topological polar surface area (TPSA) is 170 Å². The van der Waals surface area contributed by atoms with Crippen molar-refractivity contribution in [3.05, 3.63) is 89.2 Å². The van der Waals surface area contributed by atoms with Crippen molar-refractivity contribution in [2.24, 2.45) is 0 Å². The van der Waals surface area contributed by atoms with Crippen LogP contribution in [0.1, 0.15) is 57.0 Å². The first-order valence-corrected chi connectivity index (χ1v) is 14.7. The summed E-state index contributed by atoms with van der Waals surface area (Å²) >= 11 is 0. The Morgan fingerprint density at radius 1 is 0.810 bits per heavy atom. The quantitative estimate of drug-likeness (QED) is 0.236. The lowest BCUT2D eigenvalue weighted by Gasteiger charge is -2.09. The van der Waals surface area contributed by atoms with E-state index in [2.05, 4.69) is 15.6 Å². The Morgan fingerprint density at radius 3 is 2.12 bits per heavy atom. The van der Waals surface area contributed by atoms with Crippen molar-refractivity contribution in [3.63, 3.8) is 0 Å². The van der Waals surface area contributed by atoms with E-state index in [1.165, 1.54) is 24.3 Å². The lowest BCUT2D eigenvalue weighted by molar-refractivity contribution is -0.142. The number of sulfonamides is 1. The zero-order chi connectivity index (χ0) is 30.5. The fraction of sp³-hybridized carbons (Fsp3) is 0.276. The van der Waals surface area contributed by atoms with Gasteiger partial charge in [-0.2, -0.15) is 0 Å². The van der Waals surface area contributed by atoms with Crippen molar-refractivity contribution in [2.75, 3.05) is 26.3 Å². The second-order valence-electron chi connectivity index (χ2n) is 8.88. The van der Waals surface area contributed by atoms with Gasteiger partial charge < -0.3 is 20.1 Å². The molecule has 0 saturated carbocycles. The SMILES string of the molecule is CCCOC(=O)CNC(=O)c1ccc(C(=O)NS(=O)(=O)c2ccc(CCNC(=O)c3ccc(OCC)cc3)cc2)cn1. The molecule has 2 aromatic carbocycles. The van der Waals surface area contributed by atoms with Crippen LogP contribution in [0.15, 0.2) is 71.8 Å². The number of rotatable bonds is 14. The van der Waals surface area contributed by atoms with E-state index in [1.54, 1.807) is 36.4 Å². The highest BCUT2D eigenvalue weighted by Gasteiger charge is 2.20. The van der Waals surface area contributed by atoms with Gasteiger partial charge >= 0.3 is 5.97 Å². The maximum Gasteiger partial charge on any atom is 0.325 e. The van der Waals surface area contributed by atoms with Gasteiger partial charge in [0.05, 0.1) is 23.7 Å². The maximum atomic E-state index is 12.7. The van der Waals surface area contributed by atoms with Crippen LogP contribution in [0.25, 0.3) is 0 Å². The zero-order valence-corrected chi connectivity index (χ0v) is 24.0. The summed E-state index contributed by atoms with van der Waals surface area (Å²) < 4.78 is 37.7. The molecule has 0 aliphatic rings. The van der Waals surface area contributed by atoms with Crippen molar-refractivity contribution >= 4 is 33.7 Å². The van der Waals surface area contributed by atoms with Crippen LogP contribution >= 0.6 is 0 Å². The van der Waals surface area contributed by atoms with Crippen LogP contribution in [0.4, 0.5) is 0 Å². The number of carbonyl (C=O) groups is 4. The summed E-state index contributed by atoms with van der Waals surface area (Å²) in [6, 6.07) is 15.2. The van der Waals surface area contributed by atoms with Gasteiger partial charge in [-0.3, -0.25) is 24.2 Å². The summed E-state index contributed by atoms with van der Waals surface area (Å²) in [5, 5.41) is 5.17. The number of hydrogen-bond donors (Lipinski definition) is 3. The van der Waals surface area contributed by atoms with Gasteiger partial charge in [0, 0.05) is 18.3 Å². The lowest BCUT2D eigenvalue weighted by Crippen LogP contribution is -2.32. The van der Waals surface area contributed by atoms with E-state index < -0.39 is 27.8 Å². The number of amides is 3. The van der Waals surface area contributed by atoms with Gasteiger partial charge in [0.25, 0.3) is 27.7 Å². The molecule has 0 aliphatic heterocycles. The number of benzene rings is 2. The van der Waals surface area contributed by atoms with E-state index in [0.717, 1.165) is 11.8 Å². The van der Waals surface area contributed by atoms with Crippen molar-refractivity contribution in [1.82, 2.24) is 20.3 Å². The van der Waals surface area contributed by atoms with E-state index in [9.17, 15) is 27.6 Å². The summed E-state index contributed by atoms with van der Waals surface area (Å²) in [7, 11) is -4.19. The molecule has 3 amide bonds. The first-order valence-electron chi connectivity index (χ1n) is 13.2. The van der Waals surface area contributed by atoms with Crippen LogP contribution in [0.2, 0.25) is 0 Å². The van der Waals surface area contributed by atoms with Gasteiger partial charge in [0.2, 0.25) is 0 Å². The summed E-state index contributed by atoms with van der Waals surface area (Å²) in [6.07, 6.45) is 2.17. The molecular formula is C29H32N4O8S. The molecule has 3 N–H and O–H groups in total. The number of ether oxygens (including phenoxy) is 2. The van der Waals surface area contributed by atoms with Gasteiger partial charge in [-0.15, -0.1) is 0 Å². The van der Waals surface area contributed by atoms with Crippen LogP contribution in [0, 0.1) is 0 Å². The van der Waals surface area contributed by atoms with Crippen molar-refractivity contribution in [3.8, 4) is 5.75 Å². The second-order valence-corrected chi connectivity index (χ2v) is 10.6. The third kappa shape index (κ3) is 9.41.